The minimum Gasteiger partial charge on any atom is -0.507 e. The van der Waals surface area contributed by atoms with E-state index in [1.165, 1.54) is 0 Å². The van der Waals surface area contributed by atoms with Crippen molar-refractivity contribution in [2.45, 2.75) is 58.9 Å². The average molecular weight is 249 g/mol. The Hall–Kier alpha value is -1.38. The van der Waals surface area contributed by atoms with Gasteiger partial charge in [-0.05, 0) is 39.7 Å². The lowest BCUT2D eigenvalue weighted by Crippen LogP contribution is -2.17. The summed E-state index contributed by atoms with van der Waals surface area (Å²) in [5.74, 6) is 0.338. The minimum atomic E-state index is -0.164. The van der Waals surface area contributed by atoms with Crippen LogP contribution < -0.4 is 0 Å². The highest BCUT2D eigenvalue weighted by Gasteiger charge is 2.26. The summed E-state index contributed by atoms with van der Waals surface area (Å²) in [5.41, 5.74) is 2.27. The van der Waals surface area contributed by atoms with Crippen molar-refractivity contribution < 1.29 is 5.11 Å². The number of phenolic OH excluding ortho intramolecular Hbond substituents is 1. The largest absolute Gasteiger partial charge is 0.507 e. The monoisotopic (exact) mass is 249 g/mol. The van der Waals surface area contributed by atoms with Crippen LogP contribution in [0, 0.1) is 4.91 Å². The Balaban J connectivity index is 3.53. The van der Waals surface area contributed by atoms with Gasteiger partial charge in [0.25, 0.3) is 0 Å². The predicted octanol–water partition coefficient (Wildman–Crippen LogP) is 4.25. The molecule has 1 aromatic rings. The number of hydrogen-bond donors (Lipinski definition) is 1. The number of hydrogen-bond acceptors (Lipinski definition) is 3. The lowest BCUT2D eigenvalue weighted by molar-refractivity contribution is 0.422. The Labute approximate surface area is 109 Å². The maximum Gasteiger partial charge on any atom is 0.123 e. The summed E-state index contributed by atoms with van der Waals surface area (Å²) >= 11 is 0. The SMILES string of the molecule is CC(C)(C)c1cc(CN=O)cc(C(C)(C)C)c1O. The minimum absolute atomic E-state index is 0.145. The maximum absolute atomic E-state index is 10.5. The van der Waals surface area contributed by atoms with E-state index in [0.717, 1.165) is 16.7 Å². The van der Waals surface area contributed by atoms with Crippen LogP contribution in [-0.4, -0.2) is 5.11 Å². The van der Waals surface area contributed by atoms with Crippen LogP contribution in [0.2, 0.25) is 0 Å². The average Bonchev–Trinajstić information content (AvgIpc) is 2.17. The Kier molecular flexibility index (Phi) is 3.84. The van der Waals surface area contributed by atoms with Gasteiger partial charge in [-0.1, -0.05) is 46.7 Å². The van der Waals surface area contributed by atoms with Crippen LogP contribution in [0.15, 0.2) is 17.3 Å². The summed E-state index contributed by atoms with van der Waals surface area (Å²) in [6, 6.07) is 3.76. The van der Waals surface area contributed by atoms with E-state index in [2.05, 4.69) is 5.18 Å². The number of nitroso groups, excluding NO2 is 1. The first-order chi connectivity index (χ1) is 8.07. The standard InChI is InChI=1S/C15H23NO2/c1-14(2,3)11-7-10(9-16-18)8-12(13(11)17)15(4,5)6/h7-8,17H,9H2,1-6H3. The molecule has 0 fully saturated rings. The van der Waals surface area contributed by atoms with Gasteiger partial charge in [-0.3, -0.25) is 0 Å². The maximum atomic E-state index is 10.5. The van der Waals surface area contributed by atoms with Crippen molar-refractivity contribution in [1.29, 1.82) is 0 Å². The molecular formula is C15H23NO2. The molecule has 0 aliphatic carbocycles. The van der Waals surface area contributed by atoms with Crippen molar-refractivity contribution in [3.63, 3.8) is 0 Å². The van der Waals surface area contributed by atoms with Gasteiger partial charge in [0.2, 0.25) is 0 Å². The van der Waals surface area contributed by atoms with Crippen molar-refractivity contribution >= 4 is 0 Å². The van der Waals surface area contributed by atoms with E-state index in [9.17, 15) is 10.0 Å². The molecule has 0 saturated heterocycles. The number of phenols is 1. The topological polar surface area (TPSA) is 49.7 Å². The summed E-state index contributed by atoms with van der Waals surface area (Å²) < 4.78 is 0. The second-order valence-corrected chi connectivity index (χ2v) is 6.83. The van der Waals surface area contributed by atoms with Gasteiger partial charge in [0, 0.05) is 0 Å². The Morgan fingerprint density at radius 2 is 1.39 bits per heavy atom. The van der Waals surface area contributed by atoms with E-state index in [0.29, 0.717) is 5.75 Å². The molecule has 1 aromatic carbocycles. The third kappa shape index (κ3) is 3.09. The van der Waals surface area contributed by atoms with E-state index in [4.69, 9.17) is 0 Å². The van der Waals surface area contributed by atoms with Crippen molar-refractivity contribution in [3.05, 3.63) is 33.7 Å². The van der Waals surface area contributed by atoms with E-state index >= 15 is 0 Å². The lowest BCUT2D eigenvalue weighted by Gasteiger charge is -2.28. The molecule has 0 saturated carbocycles. The van der Waals surface area contributed by atoms with Crippen LogP contribution in [0.3, 0.4) is 0 Å². The normalized spacial score (nSPS) is 12.6. The van der Waals surface area contributed by atoms with Crippen LogP contribution in [-0.2, 0) is 17.4 Å². The van der Waals surface area contributed by atoms with Crippen LogP contribution in [0.1, 0.15) is 58.2 Å². The molecule has 1 N–H and O–H groups in total. The molecule has 0 unspecified atom stereocenters. The third-order valence-electron chi connectivity index (χ3n) is 3.03. The number of nitrogens with zero attached hydrogens (tertiary/aromatic N) is 1. The molecule has 18 heavy (non-hydrogen) atoms. The van der Waals surface area contributed by atoms with Gasteiger partial charge in [0.1, 0.15) is 12.3 Å². The summed E-state index contributed by atoms with van der Waals surface area (Å²) in [4.78, 5) is 10.5. The molecular weight excluding hydrogens is 226 g/mol. The molecule has 0 heterocycles. The molecule has 0 amide bonds. The van der Waals surface area contributed by atoms with Gasteiger partial charge in [0.15, 0.2) is 0 Å². The van der Waals surface area contributed by atoms with Gasteiger partial charge in [-0.2, -0.15) is 4.91 Å². The number of benzene rings is 1. The van der Waals surface area contributed by atoms with Crippen molar-refractivity contribution in [2.24, 2.45) is 5.18 Å². The fourth-order valence-corrected chi connectivity index (χ4v) is 2.00. The highest BCUT2D eigenvalue weighted by Crippen LogP contribution is 2.39. The van der Waals surface area contributed by atoms with Crippen molar-refractivity contribution in [2.75, 3.05) is 0 Å². The summed E-state index contributed by atoms with van der Waals surface area (Å²) in [7, 11) is 0. The molecule has 3 heteroatoms. The smallest absolute Gasteiger partial charge is 0.123 e. The Morgan fingerprint density at radius 1 is 1.00 bits per heavy atom. The first-order valence-corrected chi connectivity index (χ1v) is 6.23. The quantitative estimate of drug-likeness (QED) is 0.796. The molecule has 0 aliphatic heterocycles. The van der Waals surface area contributed by atoms with E-state index in [-0.39, 0.29) is 17.4 Å². The highest BCUT2D eigenvalue weighted by molar-refractivity contribution is 5.49. The second-order valence-electron chi connectivity index (χ2n) is 6.83. The van der Waals surface area contributed by atoms with Gasteiger partial charge in [-0.25, -0.2) is 0 Å². The van der Waals surface area contributed by atoms with E-state index in [1.807, 2.05) is 53.7 Å². The molecule has 0 atom stereocenters. The molecule has 1 rings (SSSR count). The van der Waals surface area contributed by atoms with Crippen LogP contribution >= 0.6 is 0 Å². The number of rotatable bonds is 2. The van der Waals surface area contributed by atoms with Gasteiger partial charge in [0.05, 0.1) is 0 Å². The summed E-state index contributed by atoms with van der Waals surface area (Å²) in [6.07, 6.45) is 0. The van der Waals surface area contributed by atoms with E-state index in [1.54, 1.807) is 0 Å². The first-order valence-electron chi connectivity index (χ1n) is 6.23. The van der Waals surface area contributed by atoms with Gasteiger partial charge >= 0.3 is 0 Å². The fraction of sp³-hybridized carbons (Fsp3) is 0.600. The predicted molar refractivity (Wildman–Crippen MR) is 75.0 cm³/mol. The van der Waals surface area contributed by atoms with Crippen LogP contribution in [0.25, 0.3) is 0 Å². The molecule has 0 radical (unpaired) electrons. The summed E-state index contributed by atoms with van der Waals surface area (Å²) in [6.45, 7) is 12.4. The number of aromatic hydroxyl groups is 1. The van der Waals surface area contributed by atoms with E-state index < -0.39 is 0 Å². The summed E-state index contributed by atoms with van der Waals surface area (Å²) in [5, 5.41) is 13.4. The Morgan fingerprint density at radius 3 is 1.67 bits per heavy atom. The van der Waals surface area contributed by atoms with Crippen molar-refractivity contribution in [3.8, 4) is 5.75 Å². The lowest BCUT2D eigenvalue weighted by atomic mass is 9.78. The molecule has 0 aliphatic rings. The molecule has 100 valence electrons. The fourth-order valence-electron chi connectivity index (χ4n) is 2.00. The first kappa shape index (κ1) is 14.7. The van der Waals surface area contributed by atoms with Crippen LogP contribution in [0.5, 0.6) is 5.75 Å². The zero-order chi connectivity index (χ0) is 14.1. The second kappa shape index (κ2) is 4.71. The third-order valence-corrected chi connectivity index (χ3v) is 3.03. The molecule has 0 spiro atoms. The highest BCUT2D eigenvalue weighted by atomic mass is 16.3. The molecule has 3 nitrogen and oxygen atoms in total. The van der Waals surface area contributed by atoms with Crippen LogP contribution in [0.4, 0.5) is 0 Å². The van der Waals surface area contributed by atoms with Crippen molar-refractivity contribution in [1.82, 2.24) is 0 Å². The zero-order valence-corrected chi connectivity index (χ0v) is 12.2. The van der Waals surface area contributed by atoms with Gasteiger partial charge in [-0.15, -0.1) is 0 Å². The molecule has 0 aromatic heterocycles. The molecule has 0 bridgehead atoms. The van der Waals surface area contributed by atoms with Gasteiger partial charge < -0.3 is 5.11 Å². The Bertz CT molecular complexity index is 416. The zero-order valence-electron chi connectivity index (χ0n) is 12.2.